The van der Waals surface area contributed by atoms with Gasteiger partial charge in [0.2, 0.25) is 11.6 Å². The van der Waals surface area contributed by atoms with Crippen LogP contribution in [0.3, 0.4) is 0 Å². The third kappa shape index (κ3) is 4.52. The van der Waals surface area contributed by atoms with Crippen molar-refractivity contribution in [1.29, 1.82) is 0 Å². The summed E-state index contributed by atoms with van der Waals surface area (Å²) < 4.78 is 11.4. The predicted molar refractivity (Wildman–Crippen MR) is 134 cm³/mol. The molecule has 5 heteroatoms. The van der Waals surface area contributed by atoms with E-state index in [1.165, 1.54) is 6.07 Å². The van der Waals surface area contributed by atoms with Crippen LogP contribution in [0.1, 0.15) is 22.0 Å². The van der Waals surface area contributed by atoms with Gasteiger partial charge in [0.05, 0.1) is 10.9 Å². The minimum absolute atomic E-state index is 0.00861. The molecule has 5 aromatic rings. The number of hydrogen-bond acceptors (Lipinski definition) is 5. The van der Waals surface area contributed by atoms with Gasteiger partial charge in [-0.3, -0.25) is 14.4 Å². The van der Waals surface area contributed by atoms with Crippen molar-refractivity contribution in [3.05, 3.63) is 137 Å². The molecule has 1 atom stereocenters. The molecular weight excluding hydrogens is 440 g/mol. The fourth-order valence-corrected chi connectivity index (χ4v) is 3.89. The zero-order chi connectivity index (χ0) is 24.2. The van der Waals surface area contributed by atoms with Gasteiger partial charge < -0.3 is 9.15 Å². The molecule has 1 aliphatic heterocycles. The Balaban J connectivity index is 0.000000145. The number of carbonyl (C=O) groups excluding carboxylic acids is 2. The van der Waals surface area contributed by atoms with Gasteiger partial charge >= 0.3 is 0 Å². The minimum Gasteiger partial charge on any atom is -0.477 e. The molecule has 1 aliphatic rings. The van der Waals surface area contributed by atoms with E-state index in [4.69, 9.17) is 9.15 Å². The maximum atomic E-state index is 12.0. The molecular formula is C30H20O5. The van der Waals surface area contributed by atoms with E-state index in [2.05, 4.69) is 0 Å². The van der Waals surface area contributed by atoms with Crippen LogP contribution in [0.4, 0.5) is 0 Å². The average Bonchev–Trinajstić information content (AvgIpc) is 2.92. The first-order valence-electron chi connectivity index (χ1n) is 11.1. The SMILES string of the molecule is O=C1C(=O)C(c2ccccc2)Oc2ccccc21.O=c1cc(-c2ccccc2)oc2ccccc12. The fourth-order valence-electron chi connectivity index (χ4n) is 3.89. The first-order valence-corrected chi connectivity index (χ1v) is 11.1. The predicted octanol–water partition coefficient (Wildman–Crippen LogP) is 6.03. The summed E-state index contributed by atoms with van der Waals surface area (Å²) in [4.78, 5) is 35.9. The number of carbonyl (C=O) groups is 2. The number of rotatable bonds is 2. The van der Waals surface area contributed by atoms with Crippen LogP contribution in [-0.4, -0.2) is 11.6 Å². The van der Waals surface area contributed by atoms with Crippen LogP contribution in [-0.2, 0) is 4.79 Å². The fraction of sp³-hybridized carbons (Fsp3) is 0.0333. The lowest BCUT2D eigenvalue weighted by molar-refractivity contribution is -0.122. The van der Waals surface area contributed by atoms with Crippen LogP contribution in [0.5, 0.6) is 5.75 Å². The lowest BCUT2D eigenvalue weighted by Gasteiger charge is -2.23. The number of hydrogen-bond donors (Lipinski definition) is 0. The lowest BCUT2D eigenvalue weighted by atomic mass is 9.95. The first kappa shape index (κ1) is 22.0. The van der Waals surface area contributed by atoms with Gasteiger partial charge in [-0.25, -0.2) is 0 Å². The number of fused-ring (bicyclic) bond motifs is 2. The Labute approximate surface area is 201 Å². The highest BCUT2D eigenvalue weighted by Gasteiger charge is 2.36. The highest BCUT2D eigenvalue weighted by atomic mass is 16.5. The third-order valence-electron chi connectivity index (χ3n) is 5.63. The number of ether oxygens (including phenoxy) is 1. The summed E-state index contributed by atoms with van der Waals surface area (Å²) in [6.45, 7) is 0. The Hall–Kier alpha value is -4.77. The van der Waals surface area contributed by atoms with Gasteiger partial charge in [-0.1, -0.05) is 84.9 Å². The maximum Gasteiger partial charge on any atom is 0.248 e. The molecule has 5 nitrogen and oxygen atoms in total. The van der Waals surface area contributed by atoms with Crippen LogP contribution in [0.2, 0.25) is 0 Å². The van der Waals surface area contributed by atoms with E-state index in [-0.39, 0.29) is 5.43 Å². The number of Topliss-reactive ketones (excluding diaryl/α,β-unsaturated/α-hetero) is 2. The standard InChI is InChI=1S/C15H10O3.C15H10O2/c16-13-11-8-4-5-9-12(11)18-15(14(13)17)10-6-2-1-3-7-10;16-13-10-15(11-6-2-1-3-7-11)17-14-9-5-4-8-12(13)14/h1-9,15H;1-10H. The van der Waals surface area contributed by atoms with Crippen molar-refractivity contribution in [2.24, 2.45) is 0 Å². The normalized spacial score (nSPS) is 14.5. The van der Waals surface area contributed by atoms with Crippen molar-refractivity contribution >= 4 is 22.5 Å². The molecule has 35 heavy (non-hydrogen) atoms. The molecule has 0 aliphatic carbocycles. The second-order valence-corrected chi connectivity index (χ2v) is 7.94. The third-order valence-corrected chi connectivity index (χ3v) is 5.63. The van der Waals surface area contributed by atoms with E-state index in [1.807, 2.05) is 66.7 Å². The largest absolute Gasteiger partial charge is 0.477 e. The second-order valence-electron chi connectivity index (χ2n) is 7.94. The van der Waals surface area contributed by atoms with Crippen LogP contribution < -0.4 is 10.2 Å². The van der Waals surface area contributed by atoms with Crippen LogP contribution in [0.25, 0.3) is 22.3 Å². The Morgan fingerprint density at radius 3 is 2.03 bits per heavy atom. The average molecular weight is 460 g/mol. The van der Waals surface area contributed by atoms with Gasteiger partial charge in [0.1, 0.15) is 17.1 Å². The van der Waals surface area contributed by atoms with Gasteiger partial charge in [-0.2, -0.15) is 0 Å². The zero-order valence-electron chi connectivity index (χ0n) is 18.6. The quantitative estimate of drug-likeness (QED) is 0.301. The topological polar surface area (TPSA) is 73.6 Å². The monoisotopic (exact) mass is 460 g/mol. The summed E-state index contributed by atoms with van der Waals surface area (Å²) >= 11 is 0. The van der Waals surface area contributed by atoms with Crippen LogP contribution in [0, 0.1) is 0 Å². The molecule has 0 spiro atoms. The minimum atomic E-state index is -0.825. The number of benzene rings is 4. The van der Waals surface area contributed by atoms with Crippen molar-refractivity contribution in [1.82, 2.24) is 0 Å². The Kier molecular flexibility index (Phi) is 6.05. The zero-order valence-corrected chi connectivity index (χ0v) is 18.6. The van der Waals surface area contributed by atoms with Gasteiger partial charge in [0.15, 0.2) is 11.5 Å². The number of para-hydroxylation sites is 2. The Bertz CT molecular complexity index is 1570. The Morgan fingerprint density at radius 1 is 0.629 bits per heavy atom. The number of ketones is 2. The lowest BCUT2D eigenvalue weighted by Crippen LogP contribution is -2.31. The molecule has 0 fully saturated rings. The summed E-state index contributed by atoms with van der Waals surface area (Å²) in [7, 11) is 0. The molecule has 170 valence electrons. The summed E-state index contributed by atoms with van der Waals surface area (Å²) in [5.74, 6) is 0.0795. The van der Waals surface area contributed by atoms with E-state index < -0.39 is 17.7 Å². The molecule has 0 saturated carbocycles. The van der Waals surface area contributed by atoms with Crippen molar-refractivity contribution in [3.8, 4) is 17.1 Å². The van der Waals surface area contributed by atoms with Crippen LogP contribution in [0.15, 0.2) is 124 Å². The smallest absolute Gasteiger partial charge is 0.248 e. The van der Waals surface area contributed by atoms with Gasteiger partial charge in [0.25, 0.3) is 0 Å². The van der Waals surface area contributed by atoms with E-state index in [1.54, 1.807) is 42.5 Å². The van der Waals surface area contributed by atoms with Gasteiger partial charge in [-0.05, 0) is 24.3 Å². The van der Waals surface area contributed by atoms with Gasteiger partial charge in [0, 0.05) is 17.2 Å². The molecule has 4 aromatic carbocycles. The molecule has 0 bridgehead atoms. The van der Waals surface area contributed by atoms with E-state index in [9.17, 15) is 14.4 Å². The molecule has 1 aromatic heterocycles. The van der Waals surface area contributed by atoms with Crippen molar-refractivity contribution < 1.29 is 18.7 Å². The molecule has 0 radical (unpaired) electrons. The molecule has 6 rings (SSSR count). The Morgan fingerprint density at radius 2 is 1.26 bits per heavy atom. The van der Waals surface area contributed by atoms with E-state index in [0.717, 1.165) is 5.56 Å². The molecule has 0 saturated heterocycles. The van der Waals surface area contributed by atoms with E-state index in [0.29, 0.717) is 33.6 Å². The van der Waals surface area contributed by atoms with Crippen molar-refractivity contribution in [2.45, 2.75) is 6.10 Å². The second kappa shape index (κ2) is 9.61. The van der Waals surface area contributed by atoms with Gasteiger partial charge in [-0.15, -0.1) is 0 Å². The molecule has 0 amide bonds. The highest BCUT2D eigenvalue weighted by molar-refractivity contribution is 6.46. The summed E-state index contributed by atoms with van der Waals surface area (Å²) in [5, 5.41) is 0.618. The van der Waals surface area contributed by atoms with E-state index >= 15 is 0 Å². The summed E-state index contributed by atoms with van der Waals surface area (Å²) in [6, 6.07) is 34.3. The summed E-state index contributed by atoms with van der Waals surface area (Å²) in [5.41, 5.74) is 2.57. The molecule has 0 N–H and O–H groups in total. The van der Waals surface area contributed by atoms with Crippen LogP contribution >= 0.6 is 0 Å². The van der Waals surface area contributed by atoms with Crippen molar-refractivity contribution in [2.75, 3.05) is 0 Å². The maximum absolute atomic E-state index is 12.0. The first-order chi connectivity index (χ1) is 17.1. The highest BCUT2D eigenvalue weighted by Crippen LogP contribution is 2.32. The molecule has 2 heterocycles. The summed E-state index contributed by atoms with van der Waals surface area (Å²) in [6.07, 6.45) is -0.825. The van der Waals surface area contributed by atoms with Crippen molar-refractivity contribution in [3.63, 3.8) is 0 Å². The molecule has 1 unspecified atom stereocenters.